The maximum atomic E-state index is 11.7. The Labute approximate surface area is 125 Å². The lowest BCUT2D eigenvalue weighted by molar-refractivity contribution is -0.123. The smallest absolute Gasteiger partial charge is 0.485 e. The van der Waals surface area contributed by atoms with Crippen molar-refractivity contribution < 1.29 is 35.7 Å². The first-order valence-corrected chi connectivity index (χ1v) is 9.16. The van der Waals surface area contributed by atoms with Crippen LogP contribution in [0.1, 0.15) is 20.8 Å². The highest BCUT2D eigenvalue weighted by molar-refractivity contribution is 7.97. The maximum Gasteiger partial charge on any atom is 0.485 e. The van der Waals surface area contributed by atoms with Gasteiger partial charge < -0.3 is 9.29 Å². The van der Waals surface area contributed by atoms with Crippen LogP contribution < -0.4 is 0 Å². The van der Waals surface area contributed by atoms with Gasteiger partial charge >= 0.3 is 5.51 Å². The zero-order valence-corrected chi connectivity index (χ0v) is 13.7. The van der Waals surface area contributed by atoms with E-state index < -0.39 is 15.6 Å². The third-order valence-electron chi connectivity index (χ3n) is 2.49. The lowest BCUT2D eigenvalue weighted by Crippen LogP contribution is -2.35. The summed E-state index contributed by atoms with van der Waals surface area (Å²) in [6, 6.07) is 0. The van der Waals surface area contributed by atoms with E-state index in [0.717, 1.165) is 30.5 Å². The van der Waals surface area contributed by atoms with Gasteiger partial charge in [-0.3, -0.25) is 4.79 Å². The third kappa shape index (κ3) is 8.64. The van der Waals surface area contributed by atoms with E-state index in [1.807, 2.05) is 20.8 Å². The molecular formula is C11H19F3O5S2. The fraction of sp³-hybridized carbons (Fsp3) is 0.909. The molecule has 5 nitrogen and oxygen atoms in total. The van der Waals surface area contributed by atoms with Crippen LogP contribution in [-0.4, -0.2) is 54.7 Å². The molecule has 0 amide bonds. The summed E-state index contributed by atoms with van der Waals surface area (Å²) in [7, 11) is -5.79. The molecular weight excluding hydrogens is 333 g/mol. The van der Waals surface area contributed by atoms with Crippen LogP contribution in [-0.2, 0) is 30.5 Å². The minimum absolute atomic E-state index is 0.161. The van der Waals surface area contributed by atoms with Gasteiger partial charge in [0, 0.05) is 5.41 Å². The van der Waals surface area contributed by atoms with Crippen molar-refractivity contribution in [3.05, 3.63) is 0 Å². The van der Waals surface area contributed by atoms with Crippen LogP contribution in [0.2, 0.25) is 0 Å². The molecule has 0 unspecified atom stereocenters. The highest BCUT2D eigenvalue weighted by Crippen LogP contribution is 2.20. The molecule has 1 fully saturated rings. The molecule has 1 heterocycles. The summed E-state index contributed by atoms with van der Waals surface area (Å²) in [4.78, 5) is 11.7. The molecule has 0 spiro atoms. The molecule has 1 saturated heterocycles. The molecule has 0 aromatic carbocycles. The van der Waals surface area contributed by atoms with Crippen molar-refractivity contribution in [2.24, 2.45) is 5.41 Å². The van der Waals surface area contributed by atoms with E-state index in [-0.39, 0.29) is 5.41 Å². The van der Waals surface area contributed by atoms with E-state index in [1.165, 1.54) is 0 Å². The van der Waals surface area contributed by atoms with Gasteiger partial charge in [-0.2, -0.15) is 13.2 Å². The Morgan fingerprint density at radius 2 is 1.57 bits per heavy atom. The van der Waals surface area contributed by atoms with Crippen LogP contribution >= 0.6 is 0 Å². The molecule has 0 aromatic rings. The SMILES string of the molecule is CC(C)(C)C(=O)C[S+]1CCOCC1.O=S(=O)([O-])C(F)(F)F. The number of ketones is 1. The van der Waals surface area contributed by atoms with Gasteiger partial charge in [0.2, 0.25) is 0 Å². The molecule has 1 aliphatic rings. The molecule has 0 aromatic heterocycles. The van der Waals surface area contributed by atoms with Gasteiger partial charge in [0.1, 0.15) is 11.5 Å². The van der Waals surface area contributed by atoms with Crippen molar-refractivity contribution >= 4 is 26.8 Å². The first-order chi connectivity index (χ1) is 9.25. The van der Waals surface area contributed by atoms with Crippen LogP contribution in [0, 0.1) is 5.41 Å². The molecule has 1 aliphatic heterocycles. The summed E-state index contributed by atoms with van der Waals surface area (Å²) in [6.45, 7) is 7.69. The number of halogens is 3. The number of carbonyl (C=O) groups excluding carboxylic acids is 1. The van der Waals surface area contributed by atoms with E-state index >= 15 is 0 Å². The van der Waals surface area contributed by atoms with Gasteiger partial charge in [-0.1, -0.05) is 20.8 Å². The van der Waals surface area contributed by atoms with E-state index in [0.29, 0.717) is 16.7 Å². The molecule has 126 valence electrons. The zero-order chi connectivity index (χ0) is 16.9. The Hall–Kier alpha value is -0.320. The molecule has 1 rings (SSSR count). The molecule has 0 radical (unpaired) electrons. The average molecular weight is 352 g/mol. The summed E-state index contributed by atoms with van der Waals surface area (Å²) in [5.41, 5.74) is -5.81. The monoisotopic (exact) mass is 352 g/mol. The van der Waals surface area contributed by atoms with Gasteiger partial charge in [0.15, 0.2) is 21.7 Å². The number of ether oxygens (including phenoxy) is 1. The quantitative estimate of drug-likeness (QED) is 0.425. The number of Topliss-reactive ketones (excluding diaryl/α,β-unsaturated/α-hetero) is 1. The second-order valence-corrected chi connectivity index (χ2v) is 9.05. The fourth-order valence-electron chi connectivity index (χ4n) is 1.10. The summed E-state index contributed by atoms with van der Waals surface area (Å²) in [5.74, 6) is 3.34. The molecule has 0 saturated carbocycles. The van der Waals surface area contributed by atoms with Gasteiger partial charge in [0.05, 0.1) is 13.2 Å². The van der Waals surface area contributed by atoms with Gasteiger partial charge in [-0.15, -0.1) is 0 Å². The van der Waals surface area contributed by atoms with Gasteiger partial charge in [0.25, 0.3) is 0 Å². The number of alkyl halides is 3. The summed E-state index contributed by atoms with van der Waals surface area (Å²) in [6.07, 6.45) is 0. The Kier molecular flexibility index (Phi) is 7.68. The molecule has 0 atom stereocenters. The second kappa shape index (κ2) is 7.80. The molecule has 10 heteroatoms. The van der Waals surface area contributed by atoms with Crippen molar-refractivity contribution in [1.29, 1.82) is 0 Å². The van der Waals surface area contributed by atoms with Crippen LogP contribution in [0.5, 0.6) is 0 Å². The Balaban J connectivity index is 0.000000433. The van der Waals surface area contributed by atoms with Crippen molar-refractivity contribution in [3.8, 4) is 0 Å². The van der Waals surface area contributed by atoms with Crippen molar-refractivity contribution in [2.75, 3.05) is 30.5 Å². The highest BCUT2D eigenvalue weighted by Gasteiger charge is 2.37. The van der Waals surface area contributed by atoms with Crippen molar-refractivity contribution in [1.82, 2.24) is 0 Å². The normalized spacial score (nSPS) is 17.9. The third-order valence-corrected chi connectivity index (χ3v) is 5.21. The maximum absolute atomic E-state index is 11.7. The number of hydrogen-bond acceptors (Lipinski definition) is 5. The highest BCUT2D eigenvalue weighted by atomic mass is 32.2. The van der Waals surface area contributed by atoms with Crippen LogP contribution in [0.3, 0.4) is 0 Å². The van der Waals surface area contributed by atoms with E-state index in [2.05, 4.69) is 0 Å². The predicted molar refractivity (Wildman–Crippen MR) is 73.0 cm³/mol. The predicted octanol–water partition coefficient (Wildman–Crippen LogP) is 1.30. The largest absolute Gasteiger partial charge is 0.741 e. The molecule has 0 N–H and O–H groups in total. The molecule has 0 bridgehead atoms. The van der Waals surface area contributed by atoms with Gasteiger partial charge in [-0.25, -0.2) is 8.42 Å². The first kappa shape index (κ1) is 20.7. The van der Waals surface area contributed by atoms with E-state index in [4.69, 9.17) is 17.7 Å². The van der Waals surface area contributed by atoms with Crippen LogP contribution in [0.25, 0.3) is 0 Å². The number of hydrogen-bond donors (Lipinski definition) is 0. The number of rotatable bonds is 2. The standard InChI is InChI=1S/C10H19O2S.CHF3O3S/c1-10(2,3)9(11)8-13-6-4-12-5-7-13;2-1(3,4)8(5,6)7/h4-8H2,1-3H3;(H,5,6,7)/q+1;/p-1. The van der Waals surface area contributed by atoms with E-state index in [1.54, 1.807) is 0 Å². The van der Waals surface area contributed by atoms with Crippen molar-refractivity contribution in [3.63, 3.8) is 0 Å². The molecule has 0 aliphatic carbocycles. The Morgan fingerprint density at radius 1 is 1.19 bits per heavy atom. The minimum atomic E-state index is -6.09. The summed E-state index contributed by atoms with van der Waals surface area (Å²) in [5, 5.41) is 0. The first-order valence-electron chi connectivity index (χ1n) is 6.02. The zero-order valence-electron chi connectivity index (χ0n) is 12.0. The van der Waals surface area contributed by atoms with Crippen LogP contribution in [0.4, 0.5) is 13.2 Å². The number of carbonyl (C=O) groups is 1. The molecule has 21 heavy (non-hydrogen) atoms. The summed E-state index contributed by atoms with van der Waals surface area (Å²) < 4.78 is 64.2. The van der Waals surface area contributed by atoms with Crippen molar-refractivity contribution in [2.45, 2.75) is 26.3 Å². The lowest BCUT2D eigenvalue weighted by atomic mass is 9.92. The Morgan fingerprint density at radius 3 is 1.86 bits per heavy atom. The summed E-state index contributed by atoms with van der Waals surface area (Å²) >= 11 is 0. The average Bonchev–Trinajstić information content (AvgIpc) is 2.27. The Bertz CT molecular complexity index is 434. The van der Waals surface area contributed by atoms with Gasteiger partial charge in [-0.05, 0) is 10.9 Å². The van der Waals surface area contributed by atoms with Crippen LogP contribution in [0.15, 0.2) is 0 Å². The fourth-order valence-corrected chi connectivity index (χ4v) is 3.11. The topological polar surface area (TPSA) is 83.5 Å². The minimum Gasteiger partial charge on any atom is -0.741 e. The lowest BCUT2D eigenvalue weighted by Gasteiger charge is -2.19. The second-order valence-electron chi connectivity index (χ2n) is 5.35. The van der Waals surface area contributed by atoms with E-state index in [9.17, 15) is 18.0 Å².